The van der Waals surface area contributed by atoms with Crippen LogP contribution >= 0.6 is 0 Å². The molecule has 0 bridgehead atoms. The van der Waals surface area contributed by atoms with Gasteiger partial charge in [0.1, 0.15) is 0 Å². The SMILES string of the molecule is Cc1cccc(N(C)C(=O)C2CCC(C(=O)O)CC2)c1. The Bertz CT molecular complexity index is 504. The molecule has 20 heavy (non-hydrogen) atoms. The lowest BCUT2D eigenvalue weighted by Crippen LogP contribution is -2.36. The zero-order chi connectivity index (χ0) is 14.7. The predicted molar refractivity (Wildman–Crippen MR) is 77.7 cm³/mol. The first-order chi connectivity index (χ1) is 9.49. The molecular formula is C16H21NO3. The number of carbonyl (C=O) groups is 2. The largest absolute Gasteiger partial charge is 0.481 e. The van der Waals surface area contributed by atoms with Crippen molar-refractivity contribution >= 4 is 17.6 Å². The number of hydrogen-bond donors (Lipinski definition) is 1. The first-order valence-corrected chi connectivity index (χ1v) is 7.06. The highest BCUT2D eigenvalue weighted by Gasteiger charge is 2.31. The van der Waals surface area contributed by atoms with Crippen LogP contribution in [-0.2, 0) is 9.59 Å². The van der Waals surface area contributed by atoms with E-state index in [4.69, 9.17) is 5.11 Å². The molecule has 0 spiro atoms. The van der Waals surface area contributed by atoms with Gasteiger partial charge in [0.2, 0.25) is 5.91 Å². The molecule has 1 fully saturated rings. The molecule has 0 atom stereocenters. The van der Waals surface area contributed by atoms with Crippen molar-refractivity contribution in [2.75, 3.05) is 11.9 Å². The summed E-state index contributed by atoms with van der Waals surface area (Å²) in [7, 11) is 1.79. The summed E-state index contributed by atoms with van der Waals surface area (Å²) in [6.45, 7) is 2.00. The van der Waals surface area contributed by atoms with Crippen LogP contribution in [0.15, 0.2) is 24.3 Å². The van der Waals surface area contributed by atoms with E-state index in [1.807, 2.05) is 31.2 Å². The number of amides is 1. The molecule has 4 nitrogen and oxygen atoms in total. The van der Waals surface area contributed by atoms with Crippen molar-refractivity contribution in [1.29, 1.82) is 0 Å². The molecule has 4 heteroatoms. The van der Waals surface area contributed by atoms with Crippen molar-refractivity contribution in [3.8, 4) is 0 Å². The van der Waals surface area contributed by atoms with Crippen molar-refractivity contribution in [2.45, 2.75) is 32.6 Å². The van der Waals surface area contributed by atoms with Gasteiger partial charge in [0.05, 0.1) is 5.92 Å². The summed E-state index contributed by atoms with van der Waals surface area (Å²) in [5.41, 5.74) is 2.02. The van der Waals surface area contributed by atoms with Gasteiger partial charge >= 0.3 is 5.97 Å². The van der Waals surface area contributed by atoms with Crippen LogP contribution in [0.4, 0.5) is 5.69 Å². The summed E-state index contributed by atoms with van der Waals surface area (Å²) in [5.74, 6) is -0.957. The first kappa shape index (κ1) is 14.6. The molecule has 108 valence electrons. The molecule has 1 aromatic carbocycles. The van der Waals surface area contributed by atoms with Gasteiger partial charge in [-0.25, -0.2) is 0 Å². The molecule has 1 aliphatic carbocycles. The summed E-state index contributed by atoms with van der Waals surface area (Å²) in [6, 6.07) is 7.85. The topological polar surface area (TPSA) is 57.6 Å². The number of nitrogens with zero attached hydrogens (tertiary/aromatic N) is 1. The van der Waals surface area contributed by atoms with Crippen molar-refractivity contribution < 1.29 is 14.7 Å². The summed E-state index contributed by atoms with van der Waals surface area (Å²) < 4.78 is 0. The Labute approximate surface area is 119 Å². The molecule has 1 saturated carbocycles. The van der Waals surface area contributed by atoms with Gasteiger partial charge < -0.3 is 10.0 Å². The maximum Gasteiger partial charge on any atom is 0.306 e. The third-order valence-electron chi connectivity index (χ3n) is 4.15. The quantitative estimate of drug-likeness (QED) is 0.922. The number of carboxylic acids is 1. The van der Waals surface area contributed by atoms with Gasteiger partial charge in [0.15, 0.2) is 0 Å². The van der Waals surface area contributed by atoms with E-state index < -0.39 is 5.97 Å². The highest BCUT2D eigenvalue weighted by atomic mass is 16.4. The van der Waals surface area contributed by atoms with E-state index in [1.54, 1.807) is 11.9 Å². The van der Waals surface area contributed by atoms with Crippen molar-refractivity contribution in [3.63, 3.8) is 0 Å². The van der Waals surface area contributed by atoms with E-state index in [0.29, 0.717) is 25.7 Å². The normalized spacial score (nSPS) is 22.3. The predicted octanol–water partition coefficient (Wildman–Crippen LogP) is 2.85. The summed E-state index contributed by atoms with van der Waals surface area (Å²) in [4.78, 5) is 25.1. The summed E-state index contributed by atoms with van der Waals surface area (Å²) >= 11 is 0. The molecular weight excluding hydrogens is 254 g/mol. The van der Waals surface area contributed by atoms with Gasteiger partial charge in [-0.05, 0) is 50.3 Å². The Morgan fingerprint density at radius 3 is 2.30 bits per heavy atom. The molecule has 0 saturated heterocycles. The summed E-state index contributed by atoms with van der Waals surface area (Å²) in [6.07, 6.45) is 2.55. The Morgan fingerprint density at radius 2 is 1.75 bits per heavy atom. The molecule has 0 aromatic heterocycles. The van der Waals surface area contributed by atoms with Crippen LogP contribution in [-0.4, -0.2) is 24.0 Å². The van der Waals surface area contributed by atoms with Gasteiger partial charge in [0.25, 0.3) is 0 Å². The minimum absolute atomic E-state index is 0.0453. The first-order valence-electron chi connectivity index (χ1n) is 7.06. The molecule has 2 rings (SSSR count). The lowest BCUT2D eigenvalue weighted by Gasteiger charge is -2.29. The molecule has 1 amide bonds. The van der Waals surface area contributed by atoms with Gasteiger partial charge in [-0.3, -0.25) is 9.59 Å². The molecule has 0 aliphatic heterocycles. The van der Waals surface area contributed by atoms with Crippen molar-refractivity contribution in [3.05, 3.63) is 29.8 Å². The van der Waals surface area contributed by atoms with Crippen molar-refractivity contribution in [2.24, 2.45) is 11.8 Å². The number of anilines is 1. The molecule has 0 unspecified atom stereocenters. The number of carbonyl (C=O) groups excluding carboxylic acids is 1. The van der Waals surface area contributed by atoms with Gasteiger partial charge in [-0.15, -0.1) is 0 Å². The third kappa shape index (κ3) is 3.18. The Balaban J connectivity index is 2.00. The number of aryl methyl sites for hydroxylation is 1. The molecule has 0 heterocycles. The fraction of sp³-hybridized carbons (Fsp3) is 0.500. The van der Waals surface area contributed by atoms with E-state index >= 15 is 0 Å². The molecule has 1 aromatic rings. The second-order valence-electron chi connectivity index (χ2n) is 5.62. The maximum atomic E-state index is 12.5. The van der Waals surface area contributed by atoms with E-state index in [9.17, 15) is 9.59 Å². The van der Waals surface area contributed by atoms with Crippen LogP contribution in [0.2, 0.25) is 0 Å². The third-order valence-corrected chi connectivity index (χ3v) is 4.15. The standard InChI is InChI=1S/C16H21NO3/c1-11-4-3-5-14(10-11)17(2)15(18)12-6-8-13(9-7-12)16(19)20/h3-5,10,12-13H,6-9H2,1-2H3,(H,19,20). The van der Waals surface area contributed by atoms with Gasteiger partial charge in [-0.2, -0.15) is 0 Å². The lowest BCUT2D eigenvalue weighted by atomic mass is 9.81. The van der Waals surface area contributed by atoms with E-state index in [-0.39, 0.29) is 17.7 Å². The zero-order valence-corrected chi connectivity index (χ0v) is 12.0. The fourth-order valence-electron chi connectivity index (χ4n) is 2.83. The number of carboxylic acid groups (broad SMARTS) is 1. The number of benzene rings is 1. The van der Waals surface area contributed by atoms with Crippen LogP contribution in [0.5, 0.6) is 0 Å². The zero-order valence-electron chi connectivity index (χ0n) is 12.0. The second-order valence-corrected chi connectivity index (χ2v) is 5.62. The van der Waals surface area contributed by atoms with Gasteiger partial charge in [0, 0.05) is 18.7 Å². The highest BCUT2D eigenvalue weighted by Crippen LogP contribution is 2.31. The Morgan fingerprint density at radius 1 is 1.15 bits per heavy atom. The average molecular weight is 275 g/mol. The Kier molecular flexibility index (Phi) is 4.42. The maximum absolute atomic E-state index is 12.5. The van der Waals surface area contributed by atoms with Crippen molar-refractivity contribution in [1.82, 2.24) is 0 Å². The lowest BCUT2D eigenvalue weighted by molar-refractivity contribution is -0.143. The average Bonchev–Trinajstić information content (AvgIpc) is 2.46. The van der Waals surface area contributed by atoms with Crippen LogP contribution in [0, 0.1) is 18.8 Å². The van der Waals surface area contributed by atoms with Crippen LogP contribution in [0.1, 0.15) is 31.2 Å². The van der Waals surface area contributed by atoms with Crippen LogP contribution < -0.4 is 4.90 Å². The molecule has 1 N–H and O–H groups in total. The highest BCUT2D eigenvalue weighted by molar-refractivity contribution is 5.94. The monoisotopic (exact) mass is 275 g/mol. The number of aliphatic carboxylic acids is 1. The van der Waals surface area contributed by atoms with Crippen LogP contribution in [0.3, 0.4) is 0 Å². The summed E-state index contributed by atoms with van der Waals surface area (Å²) in [5, 5.41) is 8.99. The smallest absolute Gasteiger partial charge is 0.306 e. The minimum atomic E-state index is -0.733. The van der Waals surface area contributed by atoms with E-state index in [2.05, 4.69) is 0 Å². The Hall–Kier alpha value is -1.84. The minimum Gasteiger partial charge on any atom is -0.481 e. The molecule has 1 aliphatic rings. The fourth-order valence-corrected chi connectivity index (χ4v) is 2.83. The number of hydrogen-bond acceptors (Lipinski definition) is 2. The van der Waals surface area contributed by atoms with E-state index in [1.165, 1.54) is 0 Å². The second kappa shape index (κ2) is 6.07. The van der Waals surface area contributed by atoms with E-state index in [0.717, 1.165) is 11.3 Å². The van der Waals surface area contributed by atoms with Gasteiger partial charge in [-0.1, -0.05) is 12.1 Å². The van der Waals surface area contributed by atoms with Crippen LogP contribution in [0.25, 0.3) is 0 Å². The number of rotatable bonds is 3. The molecule has 0 radical (unpaired) electrons.